The van der Waals surface area contributed by atoms with Crippen LogP contribution in [0.4, 0.5) is 0 Å². The van der Waals surface area contributed by atoms with E-state index in [-0.39, 0.29) is 22.8 Å². The third-order valence-electron chi connectivity index (χ3n) is 3.54. The number of hydrogen-bond donors (Lipinski definition) is 3. The van der Waals surface area contributed by atoms with Gasteiger partial charge in [0.05, 0.1) is 4.90 Å². The Morgan fingerprint density at radius 3 is 2.48 bits per heavy atom. The van der Waals surface area contributed by atoms with E-state index in [9.17, 15) is 23.1 Å². The average molecular weight is 370 g/mol. The molecule has 25 heavy (non-hydrogen) atoms. The van der Waals surface area contributed by atoms with Crippen molar-refractivity contribution in [2.75, 3.05) is 6.54 Å². The third-order valence-corrected chi connectivity index (χ3v) is 5.00. The maximum atomic E-state index is 12.3. The largest absolute Gasteiger partial charge is 0.480 e. The number of amides is 1. The van der Waals surface area contributed by atoms with Crippen molar-refractivity contribution >= 4 is 21.9 Å². The van der Waals surface area contributed by atoms with Gasteiger partial charge >= 0.3 is 5.97 Å². The normalized spacial score (nSPS) is 12.8. The first kappa shape index (κ1) is 21.1. The number of carboxylic acid groups (broad SMARTS) is 1. The fourth-order valence-corrected chi connectivity index (χ4v) is 3.33. The van der Waals surface area contributed by atoms with E-state index in [2.05, 4.69) is 10.0 Å². The molecule has 1 unspecified atom stereocenters. The quantitative estimate of drug-likeness (QED) is 0.545. The Morgan fingerprint density at radius 1 is 1.24 bits per heavy atom. The molecule has 0 aliphatic rings. The number of rotatable bonds is 10. The van der Waals surface area contributed by atoms with Gasteiger partial charge in [-0.25, -0.2) is 17.9 Å². The number of carbonyl (C=O) groups is 2. The first-order valence-corrected chi connectivity index (χ1v) is 9.79. The molecule has 0 spiro atoms. The van der Waals surface area contributed by atoms with Crippen LogP contribution in [0.1, 0.15) is 50.4 Å². The predicted octanol–water partition coefficient (Wildman–Crippen LogP) is 1.99. The zero-order valence-electron chi connectivity index (χ0n) is 14.8. The molecule has 1 amide bonds. The van der Waals surface area contributed by atoms with Gasteiger partial charge in [-0.1, -0.05) is 33.3 Å². The summed E-state index contributed by atoms with van der Waals surface area (Å²) in [5.74, 6) is -1.64. The van der Waals surface area contributed by atoms with E-state index < -0.39 is 27.9 Å². The molecule has 0 fully saturated rings. The zero-order valence-corrected chi connectivity index (χ0v) is 15.6. The predicted molar refractivity (Wildman–Crippen MR) is 94.9 cm³/mol. The Morgan fingerprint density at radius 2 is 1.92 bits per heavy atom. The number of carbonyl (C=O) groups excluding carboxylic acids is 1. The standard InChI is InChI=1S/C17H26N2O5S/c1-4-5-9-18-25(23,24)14-8-6-7-13(11-14)16(20)19-15(17(21)22)10-12(2)3/h6-8,11-12,15,18H,4-5,9-10H2,1-3H3,(H,19,20)(H,21,22). The summed E-state index contributed by atoms with van der Waals surface area (Å²) in [6.45, 7) is 5.99. The first-order chi connectivity index (χ1) is 11.7. The van der Waals surface area contributed by atoms with Gasteiger partial charge in [0.2, 0.25) is 10.0 Å². The SMILES string of the molecule is CCCCNS(=O)(=O)c1cccc(C(=O)NC(CC(C)C)C(=O)O)c1. The van der Waals surface area contributed by atoms with Gasteiger partial charge in [-0.2, -0.15) is 0 Å². The van der Waals surface area contributed by atoms with Gasteiger partial charge in [0.1, 0.15) is 6.04 Å². The van der Waals surface area contributed by atoms with E-state index in [1.165, 1.54) is 24.3 Å². The minimum Gasteiger partial charge on any atom is -0.480 e. The number of benzene rings is 1. The Hall–Kier alpha value is -1.93. The summed E-state index contributed by atoms with van der Waals surface area (Å²) in [5.41, 5.74) is 0.105. The molecular formula is C17H26N2O5S. The maximum Gasteiger partial charge on any atom is 0.326 e. The molecule has 0 aliphatic carbocycles. The summed E-state index contributed by atoms with van der Waals surface area (Å²) < 4.78 is 26.9. The Kier molecular flexibility index (Phi) is 8.05. The zero-order chi connectivity index (χ0) is 19.0. The van der Waals surface area contributed by atoms with E-state index in [4.69, 9.17) is 0 Å². The maximum absolute atomic E-state index is 12.3. The topological polar surface area (TPSA) is 113 Å². The number of sulfonamides is 1. The Bertz CT molecular complexity index is 701. The van der Waals surface area contributed by atoms with Crippen LogP contribution in [0.3, 0.4) is 0 Å². The monoisotopic (exact) mass is 370 g/mol. The number of hydrogen-bond acceptors (Lipinski definition) is 4. The van der Waals surface area contributed by atoms with Gasteiger partial charge in [0, 0.05) is 12.1 Å². The lowest BCUT2D eigenvalue weighted by atomic mass is 10.0. The smallest absolute Gasteiger partial charge is 0.326 e. The minimum atomic E-state index is -3.70. The molecule has 140 valence electrons. The second-order valence-corrected chi connectivity index (χ2v) is 8.04. The molecule has 1 atom stereocenters. The molecule has 0 heterocycles. The molecule has 0 radical (unpaired) electrons. The summed E-state index contributed by atoms with van der Waals surface area (Å²) in [6, 6.07) is 4.54. The van der Waals surface area contributed by atoms with Gasteiger partial charge in [0.15, 0.2) is 0 Å². The van der Waals surface area contributed by atoms with Gasteiger partial charge in [0.25, 0.3) is 5.91 Å². The lowest BCUT2D eigenvalue weighted by Crippen LogP contribution is -2.41. The number of aliphatic carboxylic acids is 1. The molecule has 8 heteroatoms. The molecule has 1 rings (SSSR count). The van der Waals surface area contributed by atoms with E-state index in [0.29, 0.717) is 6.54 Å². The van der Waals surface area contributed by atoms with Crippen molar-refractivity contribution in [3.63, 3.8) is 0 Å². The van der Waals surface area contributed by atoms with Gasteiger partial charge in [-0.3, -0.25) is 4.79 Å². The number of unbranched alkanes of at least 4 members (excludes halogenated alkanes) is 1. The van der Waals surface area contributed by atoms with Gasteiger partial charge in [-0.05, 0) is 37.0 Å². The molecule has 1 aromatic rings. The van der Waals surface area contributed by atoms with Gasteiger partial charge < -0.3 is 10.4 Å². The second-order valence-electron chi connectivity index (χ2n) is 6.27. The molecule has 7 nitrogen and oxygen atoms in total. The first-order valence-electron chi connectivity index (χ1n) is 8.30. The Labute approximate surface area is 148 Å². The lowest BCUT2D eigenvalue weighted by Gasteiger charge is -2.16. The molecule has 1 aromatic carbocycles. The minimum absolute atomic E-state index is 0.0213. The number of carboxylic acids is 1. The number of nitrogens with one attached hydrogen (secondary N) is 2. The summed E-state index contributed by atoms with van der Waals surface area (Å²) >= 11 is 0. The van der Waals surface area contributed by atoms with Crippen molar-refractivity contribution in [1.29, 1.82) is 0 Å². The van der Waals surface area contributed by atoms with Crippen LogP contribution in [-0.2, 0) is 14.8 Å². The molecule has 0 aromatic heterocycles. The van der Waals surface area contributed by atoms with Crippen LogP contribution < -0.4 is 10.0 Å². The highest BCUT2D eigenvalue weighted by molar-refractivity contribution is 7.89. The summed E-state index contributed by atoms with van der Waals surface area (Å²) in [5, 5.41) is 11.6. The van der Waals surface area contributed by atoms with Crippen LogP contribution in [0, 0.1) is 5.92 Å². The van der Waals surface area contributed by atoms with Crippen molar-refractivity contribution < 1.29 is 23.1 Å². The van der Waals surface area contributed by atoms with E-state index >= 15 is 0 Å². The van der Waals surface area contributed by atoms with E-state index in [1.54, 1.807) is 0 Å². The van der Waals surface area contributed by atoms with Crippen molar-refractivity contribution in [3.05, 3.63) is 29.8 Å². The van der Waals surface area contributed by atoms with Crippen molar-refractivity contribution in [1.82, 2.24) is 10.0 Å². The lowest BCUT2D eigenvalue weighted by molar-refractivity contribution is -0.139. The third kappa shape index (κ3) is 6.83. The van der Waals surface area contributed by atoms with Crippen molar-refractivity contribution in [3.8, 4) is 0 Å². The summed E-state index contributed by atoms with van der Waals surface area (Å²) in [6.07, 6.45) is 1.87. The highest BCUT2D eigenvalue weighted by Gasteiger charge is 2.22. The molecular weight excluding hydrogens is 344 g/mol. The van der Waals surface area contributed by atoms with E-state index in [1.807, 2.05) is 20.8 Å². The van der Waals surface area contributed by atoms with Crippen LogP contribution in [0.5, 0.6) is 0 Å². The Balaban J connectivity index is 2.92. The van der Waals surface area contributed by atoms with Crippen LogP contribution in [0.2, 0.25) is 0 Å². The molecule has 0 bridgehead atoms. The molecule has 3 N–H and O–H groups in total. The van der Waals surface area contributed by atoms with Crippen molar-refractivity contribution in [2.45, 2.75) is 51.0 Å². The fourth-order valence-electron chi connectivity index (χ4n) is 2.21. The molecule has 0 aliphatic heterocycles. The molecule has 0 saturated carbocycles. The average Bonchev–Trinajstić information content (AvgIpc) is 2.54. The van der Waals surface area contributed by atoms with Crippen LogP contribution >= 0.6 is 0 Å². The van der Waals surface area contributed by atoms with E-state index in [0.717, 1.165) is 12.8 Å². The van der Waals surface area contributed by atoms with Crippen molar-refractivity contribution in [2.24, 2.45) is 5.92 Å². The summed E-state index contributed by atoms with van der Waals surface area (Å²) in [4.78, 5) is 23.5. The fraction of sp³-hybridized carbons (Fsp3) is 0.529. The molecule has 0 saturated heterocycles. The summed E-state index contributed by atoms with van der Waals surface area (Å²) in [7, 11) is -3.70. The van der Waals surface area contributed by atoms with Crippen LogP contribution in [0.15, 0.2) is 29.2 Å². The van der Waals surface area contributed by atoms with Crippen LogP contribution in [0.25, 0.3) is 0 Å². The highest BCUT2D eigenvalue weighted by atomic mass is 32.2. The second kappa shape index (κ2) is 9.53. The van der Waals surface area contributed by atoms with Crippen LogP contribution in [-0.4, -0.2) is 38.0 Å². The van der Waals surface area contributed by atoms with Gasteiger partial charge in [-0.15, -0.1) is 0 Å². The highest BCUT2D eigenvalue weighted by Crippen LogP contribution is 2.13.